The van der Waals surface area contributed by atoms with Crippen molar-refractivity contribution in [3.63, 3.8) is 0 Å². The maximum atomic E-state index is 8.76. The molecule has 0 atom stereocenters. The Hall–Kier alpha value is -1.92. The fourth-order valence-corrected chi connectivity index (χ4v) is 3.16. The van der Waals surface area contributed by atoms with Crippen LogP contribution in [0.15, 0.2) is 48.5 Å². The molecule has 0 aromatic heterocycles. The molecule has 0 saturated carbocycles. The van der Waals surface area contributed by atoms with E-state index in [1.54, 1.807) is 0 Å². The fraction of sp³-hybridized carbons (Fsp3) is 0.538. The van der Waals surface area contributed by atoms with E-state index in [0.717, 1.165) is 87.2 Å². The van der Waals surface area contributed by atoms with Crippen LogP contribution in [0.5, 0.6) is 11.5 Å². The van der Waals surface area contributed by atoms with E-state index in [-0.39, 0.29) is 13.2 Å². The second kappa shape index (κ2) is 16.7. The number of aliphatic hydroxyl groups is 2. The molecule has 0 aliphatic rings. The van der Waals surface area contributed by atoms with Crippen LogP contribution in [0.1, 0.15) is 62.5 Å². The van der Waals surface area contributed by atoms with Gasteiger partial charge in [-0.25, -0.2) is 0 Å². The average molecular weight is 431 g/mol. The van der Waals surface area contributed by atoms with Crippen molar-refractivity contribution in [2.45, 2.75) is 64.6 Å². The van der Waals surface area contributed by atoms with Gasteiger partial charge in [-0.05, 0) is 61.1 Å². The van der Waals surface area contributed by atoms with Crippen molar-refractivity contribution >= 4 is 0 Å². The molecule has 0 fully saturated rings. The molecule has 2 aromatic carbocycles. The fourth-order valence-electron chi connectivity index (χ4n) is 3.16. The minimum atomic E-state index is 0.279. The van der Waals surface area contributed by atoms with Gasteiger partial charge in [0.2, 0.25) is 0 Å². The Morgan fingerprint density at radius 2 is 0.871 bits per heavy atom. The number of rotatable bonds is 18. The number of benzene rings is 2. The lowest BCUT2D eigenvalue weighted by Crippen LogP contribution is -1.96. The molecule has 0 spiro atoms. The monoisotopic (exact) mass is 430 g/mol. The van der Waals surface area contributed by atoms with Gasteiger partial charge in [0.1, 0.15) is 11.5 Å². The number of unbranched alkanes of at least 4 members (excludes halogenated alkanes) is 6. The molecule has 0 bridgehead atoms. The van der Waals surface area contributed by atoms with E-state index in [1.165, 1.54) is 0 Å². The zero-order chi connectivity index (χ0) is 22.0. The van der Waals surface area contributed by atoms with Crippen LogP contribution >= 0.6 is 0 Å². The Kier molecular flexibility index (Phi) is 13.7. The van der Waals surface area contributed by atoms with E-state index in [0.29, 0.717) is 13.2 Å². The van der Waals surface area contributed by atoms with Crippen LogP contribution in [0.2, 0.25) is 0 Å². The molecule has 2 aromatic rings. The molecular formula is C26H38O5. The van der Waals surface area contributed by atoms with Crippen molar-refractivity contribution in [2.24, 2.45) is 0 Å². The quantitative estimate of drug-likeness (QED) is 0.301. The molecule has 5 nitrogen and oxygen atoms in total. The van der Waals surface area contributed by atoms with Crippen molar-refractivity contribution in [1.29, 1.82) is 0 Å². The summed E-state index contributed by atoms with van der Waals surface area (Å²) in [7, 11) is 0. The van der Waals surface area contributed by atoms with Gasteiger partial charge in [0.05, 0.1) is 13.2 Å². The first-order chi connectivity index (χ1) is 15.3. The summed E-state index contributed by atoms with van der Waals surface area (Å²) in [4.78, 5) is 0. The molecular weight excluding hydrogens is 392 g/mol. The lowest BCUT2D eigenvalue weighted by molar-refractivity contribution is 0.116. The van der Waals surface area contributed by atoms with Crippen LogP contribution < -0.4 is 4.74 Å². The normalized spacial score (nSPS) is 11.0. The molecule has 0 aliphatic carbocycles. The molecule has 2 rings (SSSR count). The molecule has 0 aliphatic heterocycles. The highest BCUT2D eigenvalue weighted by molar-refractivity contribution is 5.34. The highest BCUT2D eigenvalue weighted by atomic mass is 16.5. The van der Waals surface area contributed by atoms with E-state index >= 15 is 0 Å². The average Bonchev–Trinajstić information content (AvgIpc) is 2.80. The third-order valence-electron chi connectivity index (χ3n) is 5.01. The van der Waals surface area contributed by atoms with Crippen molar-refractivity contribution in [2.75, 3.05) is 26.4 Å². The molecule has 0 amide bonds. The largest absolute Gasteiger partial charge is 0.457 e. The smallest absolute Gasteiger partial charge is 0.127 e. The maximum Gasteiger partial charge on any atom is 0.127 e. The Balaban J connectivity index is 1.61. The van der Waals surface area contributed by atoms with Crippen LogP contribution in [0.25, 0.3) is 0 Å². The first-order valence-electron chi connectivity index (χ1n) is 11.5. The summed E-state index contributed by atoms with van der Waals surface area (Å²) in [6.07, 6.45) is 8.15. The predicted molar refractivity (Wildman–Crippen MR) is 123 cm³/mol. The van der Waals surface area contributed by atoms with Crippen LogP contribution in [0, 0.1) is 0 Å². The summed E-state index contributed by atoms with van der Waals surface area (Å²) in [5.74, 6) is 1.61. The van der Waals surface area contributed by atoms with Crippen LogP contribution in [-0.2, 0) is 22.7 Å². The Morgan fingerprint density at radius 3 is 1.26 bits per heavy atom. The molecule has 5 heteroatoms. The van der Waals surface area contributed by atoms with E-state index in [9.17, 15) is 0 Å². The second-order valence-electron chi connectivity index (χ2n) is 7.77. The summed E-state index contributed by atoms with van der Waals surface area (Å²) in [6, 6.07) is 16.0. The van der Waals surface area contributed by atoms with Gasteiger partial charge in [-0.15, -0.1) is 0 Å². The van der Waals surface area contributed by atoms with Crippen LogP contribution in [0.3, 0.4) is 0 Å². The minimum absolute atomic E-state index is 0.279. The summed E-state index contributed by atoms with van der Waals surface area (Å²) in [5, 5.41) is 17.5. The first kappa shape index (κ1) is 25.3. The van der Waals surface area contributed by atoms with E-state index in [4.69, 9.17) is 24.4 Å². The molecule has 172 valence electrons. The second-order valence-corrected chi connectivity index (χ2v) is 7.77. The predicted octanol–water partition coefficient (Wildman–Crippen LogP) is 5.62. The summed E-state index contributed by atoms with van der Waals surface area (Å²) in [6.45, 7) is 3.28. The zero-order valence-corrected chi connectivity index (χ0v) is 18.6. The standard InChI is InChI=1S/C26H38O5/c27-17-5-1-3-7-19-29-21-23-9-13-25(14-10-23)31-26-15-11-24(12-16-26)22-30-20-8-4-2-6-18-28/h9-16,27-28H,1-8,17-22H2. The molecule has 0 saturated heterocycles. The third kappa shape index (κ3) is 11.9. The van der Waals surface area contributed by atoms with Crippen molar-refractivity contribution in [3.05, 3.63) is 59.7 Å². The number of aliphatic hydroxyl groups excluding tert-OH is 2. The topological polar surface area (TPSA) is 68.2 Å². The Morgan fingerprint density at radius 1 is 0.484 bits per heavy atom. The van der Waals surface area contributed by atoms with E-state index in [1.807, 2.05) is 48.5 Å². The SMILES string of the molecule is OCCCCCCOCc1ccc(Oc2ccc(COCCCCCCO)cc2)cc1. The lowest BCUT2D eigenvalue weighted by atomic mass is 10.2. The van der Waals surface area contributed by atoms with E-state index in [2.05, 4.69) is 0 Å². The Bertz CT molecular complexity index is 610. The maximum absolute atomic E-state index is 8.76. The minimum Gasteiger partial charge on any atom is -0.457 e. The van der Waals surface area contributed by atoms with Crippen LogP contribution in [-0.4, -0.2) is 36.6 Å². The number of ether oxygens (including phenoxy) is 3. The highest BCUT2D eigenvalue weighted by Crippen LogP contribution is 2.22. The van der Waals surface area contributed by atoms with Crippen molar-refractivity contribution in [1.82, 2.24) is 0 Å². The third-order valence-corrected chi connectivity index (χ3v) is 5.01. The van der Waals surface area contributed by atoms with Gasteiger partial charge < -0.3 is 24.4 Å². The van der Waals surface area contributed by atoms with Gasteiger partial charge >= 0.3 is 0 Å². The van der Waals surface area contributed by atoms with Gasteiger partial charge in [-0.1, -0.05) is 49.9 Å². The van der Waals surface area contributed by atoms with Gasteiger partial charge in [-0.3, -0.25) is 0 Å². The molecule has 0 unspecified atom stereocenters. The van der Waals surface area contributed by atoms with Crippen molar-refractivity contribution in [3.8, 4) is 11.5 Å². The number of hydrogen-bond acceptors (Lipinski definition) is 5. The number of hydrogen-bond donors (Lipinski definition) is 2. The summed E-state index contributed by atoms with van der Waals surface area (Å²) in [5.41, 5.74) is 2.26. The van der Waals surface area contributed by atoms with Crippen molar-refractivity contribution < 1.29 is 24.4 Å². The molecule has 2 N–H and O–H groups in total. The lowest BCUT2D eigenvalue weighted by Gasteiger charge is -2.09. The Labute approximate surface area is 187 Å². The highest BCUT2D eigenvalue weighted by Gasteiger charge is 2.01. The summed E-state index contributed by atoms with van der Waals surface area (Å²) < 4.78 is 17.3. The van der Waals surface area contributed by atoms with E-state index < -0.39 is 0 Å². The van der Waals surface area contributed by atoms with Gasteiger partial charge in [0.15, 0.2) is 0 Å². The first-order valence-corrected chi connectivity index (χ1v) is 11.5. The zero-order valence-electron chi connectivity index (χ0n) is 18.6. The van der Waals surface area contributed by atoms with Gasteiger partial charge in [0.25, 0.3) is 0 Å². The van der Waals surface area contributed by atoms with Crippen LogP contribution in [0.4, 0.5) is 0 Å². The summed E-state index contributed by atoms with van der Waals surface area (Å²) >= 11 is 0. The molecule has 0 radical (unpaired) electrons. The molecule has 31 heavy (non-hydrogen) atoms. The molecule has 0 heterocycles. The van der Waals surface area contributed by atoms with Gasteiger partial charge in [-0.2, -0.15) is 0 Å². The van der Waals surface area contributed by atoms with Gasteiger partial charge in [0, 0.05) is 26.4 Å².